The first-order chi connectivity index (χ1) is 7.96. The first-order valence-electron chi connectivity index (χ1n) is 6.48. The standard InChI is InChI=1S/C13H24O4/c1-5-6-7-8-9-15-12(14)11-10(2)16-13(3,4)17-11/h10-11H,5-9H2,1-4H3. The molecule has 0 aromatic heterocycles. The molecule has 0 aromatic carbocycles. The van der Waals surface area contributed by atoms with Gasteiger partial charge in [-0.05, 0) is 27.2 Å². The van der Waals surface area contributed by atoms with Gasteiger partial charge in [-0.15, -0.1) is 0 Å². The van der Waals surface area contributed by atoms with Gasteiger partial charge in [0.05, 0.1) is 12.7 Å². The molecule has 2 unspecified atom stereocenters. The van der Waals surface area contributed by atoms with E-state index in [0.29, 0.717) is 6.61 Å². The molecule has 0 aliphatic carbocycles. The molecule has 1 aliphatic rings. The van der Waals surface area contributed by atoms with Crippen molar-refractivity contribution < 1.29 is 19.0 Å². The largest absolute Gasteiger partial charge is 0.464 e. The van der Waals surface area contributed by atoms with Crippen LogP contribution in [0.25, 0.3) is 0 Å². The fraction of sp³-hybridized carbons (Fsp3) is 0.923. The van der Waals surface area contributed by atoms with Crippen molar-refractivity contribution in [2.45, 2.75) is 71.4 Å². The van der Waals surface area contributed by atoms with Crippen LogP contribution in [0.4, 0.5) is 0 Å². The third kappa shape index (κ3) is 4.64. The molecular weight excluding hydrogens is 220 g/mol. The van der Waals surface area contributed by atoms with E-state index in [-0.39, 0.29) is 12.1 Å². The molecule has 4 nitrogen and oxygen atoms in total. The van der Waals surface area contributed by atoms with Crippen molar-refractivity contribution >= 4 is 5.97 Å². The molecule has 1 heterocycles. The number of esters is 1. The lowest BCUT2D eigenvalue weighted by molar-refractivity contribution is -0.170. The van der Waals surface area contributed by atoms with Gasteiger partial charge >= 0.3 is 5.97 Å². The maximum Gasteiger partial charge on any atom is 0.338 e. The van der Waals surface area contributed by atoms with Crippen LogP contribution in [-0.4, -0.2) is 30.6 Å². The smallest absolute Gasteiger partial charge is 0.338 e. The number of ether oxygens (including phenoxy) is 3. The molecule has 17 heavy (non-hydrogen) atoms. The van der Waals surface area contributed by atoms with Crippen molar-refractivity contribution in [2.75, 3.05) is 6.61 Å². The molecule has 0 amide bonds. The second-order valence-electron chi connectivity index (χ2n) is 4.99. The van der Waals surface area contributed by atoms with Gasteiger partial charge in [0.15, 0.2) is 11.9 Å². The van der Waals surface area contributed by atoms with Crippen molar-refractivity contribution in [3.8, 4) is 0 Å². The lowest BCUT2D eigenvalue weighted by Crippen LogP contribution is -2.32. The number of carbonyl (C=O) groups excluding carboxylic acids is 1. The van der Waals surface area contributed by atoms with E-state index in [2.05, 4.69) is 6.92 Å². The normalized spacial score (nSPS) is 27.1. The zero-order valence-electron chi connectivity index (χ0n) is 11.3. The molecule has 0 spiro atoms. The lowest BCUT2D eigenvalue weighted by Gasteiger charge is -2.16. The second kappa shape index (κ2) is 6.36. The van der Waals surface area contributed by atoms with E-state index in [1.807, 2.05) is 6.92 Å². The topological polar surface area (TPSA) is 44.8 Å². The van der Waals surface area contributed by atoms with Gasteiger partial charge in [-0.3, -0.25) is 0 Å². The van der Waals surface area contributed by atoms with Crippen molar-refractivity contribution in [2.24, 2.45) is 0 Å². The summed E-state index contributed by atoms with van der Waals surface area (Å²) in [5.41, 5.74) is 0. The van der Waals surface area contributed by atoms with E-state index in [4.69, 9.17) is 14.2 Å². The minimum absolute atomic E-state index is 0.242. The Kier molecular flexibility index (Phi) is 5.40. The average Bonchev–Trinajstić information content (AvgIpc) is 2.52. The minimum Gasteiger partial charge on any atom is -0.464 e. The number of carbonyl (C=O) groups is 1. The highest BCUT2D eigenvalue weighted by Crippen LogP contribution is 2.28. The van der Waals surface area contributed by atoms with E-state index >= 15 is 0 Å². The molecule has 1 rings (SSSR count). The molecule has 100 valence electrons. The summed E-state index contributed by atoms with van der Waals surface area (Å²) in [5, 5.41) is 0. The van der Waals surface area contributed by atoms with Crippen molar-refractivity contribution in [1.29, 1.82) is 0 Å². The predicted octanol–water partition coefficient (Wildman–Crippen LogP) is 2.65. The lowest BCUT2D eigenvalue weighted by atomic mass is 10.2. The van der Waals surface area contributed by atoms with Crippen LogP contribution < -0.4 is 0 Å². The Bertz CT molecular complexity index is 250. The Hall–Kier alpha value is -0.610. The maximum absolute atomic E-state index is 11.7. The van der Waals surface area contributed by atoms with Crippen molar-refractivity contribution in [3.63, 3.8) is 0 Å². The van der Waals surface area contributed by atoms with Crippen LogP contribution in [-0.2, 0) is 19.0 Å². The van der Waals surface area contributed by atoms with Crippen LogP contribution in [0.5, 0.6) is 0 Å². The molecule has 2 atom stereocenters. The summed E-state index contributed by atoms with van der Waals surface area (Å²) in [6.45, 7) is 8.07. The monoisotopic (exact) mass is 244 g/mol. The zero-order chi connectivity index (χ0) is 12.9. The average molecular weight is 244 g/mol. The van der Waals surface area contributed by atoms with Crippen molar-refractivity contribution in [1.82, 2.24) is 0 Å². The van der Waals surface area contributed by atoms with E-state index < -0.39 is 11.9 Å². The first-order valence-corrected chi connectivity index (χ1v) is 6.48. The summed E-state index contributed by atoms with van der Waals surface area (Å²) < 4.78 is 16.2. The number of rotatable bonds is 6. The van der Waals surface area contributed by atoms with Crippen LogP contribution in [0.2, 0.25) is 0 Å². The summed E-state index contributed by atoms with van der Waals surface area (Å²) in [6.07, 6.45) is 3.56. The molecule has 1 saturated heterocycles. The highest BCUT2D eigenvalue weighted by atomic mass is 16.8. The molecule has 0 bridgehead atoms. The fourth-order valence-electron chi connectivity index (χ4n) is 1.96. The van der Waals surface area contributed by atoms with Gasteiger partial charge in [0.1, 0.15) is 0 Å². The molecule has 1 aliphatic heterocycles. The van der Waals surface area contributed by atoms with Gasteiger partial charge in [0, 0.05) is 0 Å². The summed E-state index contributed by atoms with van der Waals surface area (Å²) in [5.74, 6) is -0.995. The van der Waals surface area contributed by atoms with Gasteiger partial charge < -0.3 is 14.2 Å². The molecular formula is C13H24O4. The van der Waals surface area contributed by atoms with Gasteiger partial charge in [-0.1, -0.05) is 26.2 Å². The van der Waals surface area contributed by atoms with Crippen LogP contribution in [0.15, 0.2) is 0 Å². The first kappa shape index (κ1) is 14.5. The Morgan fingerprint density at radius 2 is 1.94 bits per heavy atom. The number of hydrogen-bond donors (Lipinski definition) is 0. The summed E-state index contributed by atoms with van der Waals surface area (Å²) in [7, 11) is 0. The van der Waals surface area contributed by atoms with E-state index in [0.717, 1.165) is 12.8 Å². The summed E-state index contributed by atoms with van der Waals surface area (Å²) in [6, 6.07) is 0. The Labute approximate surface area is 104 Å². The van der Waals surface area contributed by atoms with Gasteiger partial charge in [-0.2, -0.15) is 0 Å². The van der Waals surface area contributed by atoms with E-state index in [1.165, 1.54) is 12.8 Å². The molecule has 0 saturated carbocycles. The third-order valence-electron chi connectivity index (χ3n) is 2.78. The zero-order valence-corrected chi connectivity index (χ0v) is 11.3. The fourth-order valence-corrected chi connectivity index (χ4v) is 1.96. The Morgan fingerprint density at radius 3 is 2.47 bits per heavy atom. The van der Waals surface area contributed by atoms with Crippen LogP contribution in [0, 0.1) is 0 Å². The van der Waals surface area contributed by atoms with Crippen LogP contribution >= 0.6 is 0 Å². The van der Waals surface area contributed by atoms with Crippen molar-refractivity contribution in [3.05, 3.63) is 0 Å². The Morgan fingerprint density at radius 1 is 1.24 bits per heavy atom. The van der Waals surface area contributed by atoms with E-state index in [1.54, 1.807) is 13.8 Å². The number of unbranched alkanes of at least 4 members (excludes halogenated alkanes) is 3. The quantitative estimate of drug-likeness (QED) is 0.532. The van der Waals surface area contributed by atoms with Gasteiger partial charge in [-0.25, -0.2) is 4.79 Å². The third-order valence-corrected chi connectivity index (χ3v) is 2.78. The molecule has 0 radical (unpaired) electrons. The highest BCUT2D eigenvalue weighted by molar-refractivity contribution is 5.75. The summed E-state index contributed by atoms with van der Waals surface area (Å²) in [4.78, 5) is 11.7. The number of hydrogen-bond acceptors (Lipinski definition) is 4. The minimum atomic E-state index is -0.689. The van der Waals surface area contributed by atoms with E-state index in [9.17, 15) is 4.79 Å². The van der Waals surface area contributed by atoms with Gasteiger partial charge in [0.25, 0.3) is 0 Å². The SMILES string of the molecule is CCCCCCOC(=O)C1OC(C)(C)OC1C. The van der Waals surface area contributed by atoms with Crippen LogP contribution in [0.3, 0.4) is 0 Å². The maximum atomic E-state index is 11.7. The second-order valence-corrected chi connectivity index (χ2v) is 4.99. The molecule has 4 heteroatoms. The Balaban J connectivity index is 2.24. The highest BCUT2D eigenvalue weighted by Gasteiger charge is 2.43. The van der Waals surface area contributed by atoms with Crippen LogP contribution in [0.1, 0.15) is 53.4 Å². The molecule has 0 aromatic rings. The van der Waals surface area contributed by atoms with Gasteiger partial charge in [0.2, 0.25) is 0 Å². The molecule has 1 fully saturated rings. The predicted molar refractivity (Wildman–Crippen MR) is 64.6 cm³/mol. The summed E-state index contributed by atoms with van der Waals surface area (Å²) >= 11 is 0. The molecule has 0 N–H and O–H groups in total.